The molecule has 0 bridgehead atoms. The highest BCUT2D eigenvalue weighted by atomic mass is 32.2. The summed E-state index contributed by atoms with van der Waals surface area (Å²) in [6.45, 7) is 2.37. The molecule has 0 saturated heterocycles. The Bertz CT molecular complexity index is 630. The lowest BCUT2D eigenvalue weighted by Crippen LogP contribution is -2.23. The molecule has 18 heavy (non-hydrogen) atoms. The summed E-state index contributed by atoms with van der Waals surface area (Å²) in [5.41, 5.74) is 5.51. The van der Waals surface area contributed by atoms with Gasteiger partial charge in [0.25, 0.3) is 0 Å². The fourth-order valence-corrected chi connectivity index (χ4v) is 4.61. The molecule has 0 radical (unpaired) electrons. The van der Waals surface area contributed by atoms with Crippen LogP contribution in [0.15, 0.2) is 22.5 Å². The highest BCUT2D eigenvalue weighted by Gasteiger charge is 2.18. The molecular weight excluding hydrogens is 290 g/mol. The second kappa shape index (κ2) is 5.45. The van der Waals surface area contributed by atoms with Gasteiger partial charge >= 0.3 is 0 Å². The van der Waals surface area contributed by atoms with Crippen LogP contribution >= 0.6 is 22.7 Å². The van der Waals surface area contributed by atoms with Crippen molar-refractivity contribution in [3.63, 3.8) is 0 Å². The van der Waals surface area contributed by atoms with Crippen molar-refractivity contribution in [1.82, 2.24) is 9.71 Å². The van der Waals surface area contributed by atoms with Crippen molar-refractivity contribution in [3.05, 3.63) is 32.4 Å². The number of thiazole rings is 1. The molecule has 0 aliphatic heterocycles. The van der Waals surface area contributed by atoms with Crippen LogP contribution in [0.4, 0.5) is 0 Å². The maximum atomic E-state index is 12.1. The van der Waals surface area contributed by atoms with E-state index in [0.717, 1.165) is 9.88 Å². The Labute approximate surface area is 114 Å². The molecule has 98 valence electrons. The third-order valence-electron chi connectivity index (χ3n) is 2.29. The molecule has 3 N–H and O–H groups in total. The highest BCUT2D eigenvalue weighted by Crippen LogP contribution is 2.21. The smallest absolute Gasteiger partial charge is 0.242 e. The quantitative estimate of drug-likeness (QED) is 0.875. The average molecular weight is 303 g/mol. The SMILES string of the molecule is Cc1ncc(CNS(=O)(=O)c2ccsc2CN)s1. The molecule has 0 aromatic carbocycles. The number of aromatic nitrogens is 1. The molecule has 0 amide bonds. The minimum atomic E-state index is -3.49. The monoisotopic (exact) mass is 303 g/mol. The summed E-state index contributed by atoms with van der Waals surface area (Å²) >= 11 is 2.82. The molecule has 0 saturated carbocycles. The van der Waals surface area contributed by atoms with Gasteiger partial charge in [-0.2, -0.15) is 0 Å². The minimum Gasteiger partial charge on any atom is -0.326 e. The molecule has 0 unspecified atom stereocenters. The van der Waals surface area contributed by atoms with Crippen LogP contribution in [0, 0.1) is 6.92 Å². The van der Waals surface area contributed by atoms with E-state index >= 15 is 0 Å². The van der Waals surface area contributed by atoms with Crippen LogP contribution in [-0.2, 0) is 23.1 Å². The summed E-state index contributed by atoms with van der Waals surface area (Å²) in [6, 6.07) is 1.58. The van der Waals surface area contributed by atoms with Gasteiger partial charge in [0.05, 0.1) is 9.90 Å². The Hall–Kier alpha value is -0.800. The fourth-order valence-electron chi connectivity index (χ4n) is 1.45. The molecule has 2 rings (SSSR count). The standard InChI is InChI=1S/C10H13N3O2S3/c1-7-12-5-8(17-7)6-13-18(14,15)10-2-3-16-9(10)4-11/h2-3,5,13H,4,6,11H2,1H3. The van der Waals surface area contributed by atoms with E-state index in [-0.39, 0.29) is 18.0 Å². The predicted molar refractivity (Wildman–Crippen MR) is 73.1 cm³/mol. The Morgan fingerprint density at radius 2 is 2.28 bits per heavy atom. The summed E-state index contributed by atoms with van der Waals surface area (Å²) in [5, 5.41) is 2.65. The van der Waals surface area contributed by atoms with Gasteiger partial charge in [0.2, 0.25) is 10.0 Å². The van der Waals surface area contributed by atoms with Gasteiger partial charge in [0, 0.05) is 29.0 Å². The number of sulfonamides is 1. The van der Waals surface area contributed by atoms with Gasteiger partial charge in [0.1, 0.15) is 0 Å². The van der Waals surface area contributed by atoms with E-state index in [1.165, 1.54) is 22.7 Å². The lowest BCUT2D eigenvalue weighted by atomic mass is 10.5. The van der Waals surface area contributed by atoms with Crippen molar-refractivity contribution in [1.29, 1.82) is 0 Å². The van der Waals surface area contributed by atoms with Gasteiger partial charge in [-0.3, -0.25) is 0 Å². The molecule has 2 heterocycles. The first-order valence-corrected chi connectivity index (χ1v) is 8.38. The van der Waals surface area contributed by atoms with E-state index < -0.39 is 10.0 Å². The largest absolute Gasteiger partial charge is 0.326 e. The molecular formula is C10H13N3O2S3. The summed E-state index contributed by atoms with van der Waals surface area (Å²) in [7, 11) is -3.49. The van der Waals surface area contributed by atoms with Gasteiger partial charge in [0.15, 0.2) is 0 Å². The molecule has 2 aromatic rings. The van der Waals surface area contributed by atoms with Crippen LogP contribution < -0.4 is 10.5 Å². The number of nitrogens with two attached hydrogens (primary N) is 1. The predicted octanol–water partition coefficient (Wildman–Crippen LogP) is 1.45. The number of aryl methyl sites for hydroxylation is 1. The number of hydrogen-bond acceptors (Lipinski definition) is 6. The summed E-state index contributed by atoms with van der Waals surface area (Å²) in [6.07, 6.45) is 1.68. The van der Waals surface area contributed by atoms with Crippen molar-refractivity contribution >= 4 is 32.7 Å². The Balaban J connectivity index is 2.13. The zero-order valence-corrected chi connectivity index (χ0v) is 12.2. The zero-order chi connectivity index (χ0) is 13.2. The Kier molecular flexibility index (Phi) is 4.13. The zero-order valence-electron chi connectivity index (χ0n) is 9.71. The molecule has 2 aromatic heterocycles. The fraction of sp³-hybridized carbons (Fsp3) is 0.300. The topological polar surface area (TPSA) is 85.1 Å². The number of nitrogens with zero attached hydrogens (tertiary/aromatic N) is 1. The molecule has 0 atom stereocenters. The average Bonchev–Trinajstić information content (AvgIpc) is 2.95. The third kappa shape index (κ3) is 2.96. The molecule has 5 nitrogen and oxygen atoms in total. The van der Waals surface area contributed by atoms with E-state index in [1.807, 2.05) is 6.92 Å². The molecule has 0 aliphatic rings. The van der Waals surface area contributed by atoms with E-state index in [0.29, 0.717) is 4.88 Å². The van der Waals surface area contributed by atoms with Gasteiger partial charge in [-0.05, 0) is 18.4 Å². The maximum absolute atomic E-state index is 12.1. The summed E-state index contributed by atoms with van der Waals surface area (Å²) in [4.78, 5) is 5.91. The molecule has 0 spiro atoms. The first-order chi connectivity index (χ1) is 8.53. The van der Waals surface area contributed by atoms with Crippen molar-refractivity contribution in [2.45, 2.75) is 24.9 Å². The number of hydrogen-bond donors (Lipinski definition) is 2. The minimum absolute atomic E-state index is 0.230. The summed E-state index contributed by atoms with van der Waals surface area (Å²) < 4.78 is 26.7. The van der Waals surface area contributed by atoms with Gasteiger partial charge < -0.3 is 5.73 Å². The number of nitrogens with one attached hydrogen (secondary N) is 1. The molecule has 8 heteroatoms. The van der Waals surface area contributed by atoms with E-state index in [9.17, 15) is 8.42 Å². The van der Waals surface area contributed by atoms with Crippen LogP contribution in [0.2, 0.25) is 0 Å². The Morgan fingerprint density at radius 3 is 2.89 bits per heavy atom. The van der Waals surface area contributed by atoms with Crippen LogP contribution in [0.5, 0.6) is 0 Å². The normalized spacial score (nSPS) is 11.9. The van der Waals surface area contributed by atoms with Crippen molar-refractivity contribution in [2.75, 3.05) is 0 Å². The number of rotatable bonds is 5. The van der Waals surface area contributed by atoms with Crippen molar-refractivity contribution in [2.24, 2.45) is 5.73 Å². The Morgan fingerprint density at radius 1 is 1.50 bits per heavy atom. The second-order valence-electron chi connectivity index (χ2n) is 3.58. The van der Waals surface area contributed by atoms with E-state index in [2.05, 4.69) is 9.71 Å². The second-order valence-corrected chi connectivity index (χ2v) is 7.64. The first kappa shape index (κ1) is 13.6. The van der Waals surface area contributed by atoms with Crippen LogP contribution in [-0.4, -0.2) is 13.4 Å². The molecule has 0 fully saturated rings. The number of thiophene rings is 1. The molecule has 0 aliphatic carbocycles. The van der Waals surface area contributed by atoms with Crippen molar-refractivity contribution < 1.29 is 8.42 Å². The van der Waals surface area contributed by atoms with Crippen LogP contribution in [0.3, 0.4) is 0 Å². The third-order valence-corrected chi connectivity index (χ3v) is 5.76. The van der Waals surface area contributed by atoms with Crippen LogP contribution in [0.1, 0.15) is 14.8 Å². The maximum Gasteiger partial charge on any atom is 0.242 e. The lowest BCUT2D eigenvalue weighted by Gasteiger charge is -2.05. The first-order valence-electron chi connectivity index (χ1n) is 5.20. The van der Waals surface area contributed by atoms with Gasteiger partial charge in [-0.15, -0.1) is 22.7 Å². The highest BCUT2D eigenvalue weighted by molar-refractivity contribution is 7.89. The van der Waals surface area contributed by atoms with Gasteiger partial charge in [-0.1, -0.05) is 0 Å². The van der Waals surface area contributed by atoms with Crippen molar-refractivity contribution in [3.8, 4) is 0 Å². The lowest BCUT2D eigenvalue weighted by molar-refractivity contribution is 0.581. The van der Waals surface area contributed by atoms with E-state index in [1.54, 1.807) is 17.6 Å². The summed E-state index contributed by atoms with van der Waals surface area (Å²) in [5.74, 6) is 0. The van der Waals surface area contributed by atoms with E-state index in [4.69, 9.17) is 5.73 Å². The van der Waals surface area contributed by atoms with Gasteiger partial charge in [-0.25, -0.2) is 18.1 Å². The van der Waals surface area contributed by atoms with Crippen LogP contribution in [0.25, 0.3) is 0 Å².